The van der Waals surface area contributed by atoms with E-state index < -0.39 is 0 Å². The van der Waals surface area contributed by atoms with Crippen LogP contribution in [0, 0.1) is 18.8 Å². The fourth-order valence-corrected chi connectivity index (χ4v) is 4.65. The lowest BCUT2D eigenvalue weighted by Crippen LogP contribution is -2.53. The number of benzene rings is 1. The number of aromatic nitrogens is 2. The molecule has 2 atom stereocenters. The minimum Gasteiger partial charge on any atom is -0.349 e. The Labute approximate surface area is 148 Å². The number of nitrogens with two attached hydrogens (primary N) is 1. The van der Waals surface area contributed by atoms with Crippen LogP contribution in [0.5, 0.6) is 0 Å². The molecule has 2 bridgehead atoms. The molecule has 5 heteroatoms. The Bertz CT molecular complexity index is 755. The van der Waals surface area contributed by atoms with E-state index in [-0.39, 0.29) is 11.9 Å². The number of nitrogens with zero attached hydrogens (tertiary/aromatic N) is 2. The summed E-state index contributed by atoms with van der Waals surface area (Å²) >= 11 is 0. The first-order valence-electron chi connectivity index (χ1n) is 9.29. The van der Waals surface area contributed by atoms with Gasteiger partial charge in [0.1, 0.15) is 0 Å². The number of amides is 1. The lowest BCUT2D eigenvalue weighted by atomic mass is 9.67. The number of carbonyl (C=O) groups excluding carboxylic acids is 1. The van der Waals surface area contributed by atoms with Crippen LogP contribution in [0.15, 0.2) is 36.7 Å². The summed E-state index contributed by atoms with van der Waals surface area (Å²) in [7, 11) is 0. The number of carbonyl (C=O) groups is 1. The zero-order valence-electron chi connectivity index (χ0n) is 14.7. The van der Waals surface area contributed by atoms with Crippen LogP contribution in [0.25, 0.3) is 5.69 Å². The maximum absolute atomic E-state index is 12.8. The molecule has 2 aromatic rings. The molecule has 2 aliphatic rings. The normalized spacial score (nSPS) is 28.6. The van der Waals surface area contributed by atoms with Gasteiger partial charge >= 0.3 is 0 Å². The van der Waals surface area contributed by atoms with Gasteiger partial charge in [0, 0.05) is 18.3 Å². The van der Waals surface area contributed by atoms with E-state index in [2.05, 4.69) is 10.4 Å². The van der Waals surface area contributed by atoms with E-state index in [1.807, 2.05) is 37.4 Å². The second-order valence-electron chi connectivity index (χ2n) is 7.64. The van der Waals surface area contributed by atoms with Crippen LogP contribution in [0.3, 0.4) is 0 Å². The predicted molar refractivity (Wildman–Crippen MR) is 97.6 cm³/mol. The molecule has 2 aliphatic carbocycles. The number of aryl methyl sites for hydroxylation is 1. The minimum absolute atomic E-state index is 0.0165. The molecule has 5 nitrogen and oxygen atoms in total. The van der Waals surface area contributed by atoms with Crippen molar-refractivity contribution in [2.24, 2.45) is 17.6 Å². The highest BCUT2D eigenvalue weighted by atomic mass is 16.1. The lowest BCUT2D eigenvalue weighted by Gasteiger charge is -2.45. The third kappa shape index (κ3) is 3.21. The molecule has 0 aliphatic heterocycles. The largest absolute Gasteiger partial charge is 0.349 e. The molecule has 1 heterocycles. The van der Waals surface area contributed by atoms with Crippen LogP contribution in [0.2, 0.25) is 0 Å². The van der Waals surface area contributed by atoms with Crippen molar-refractivity contribution in [2.75, 3.05) is 0 Å². The molecule has 1 aromatic carbocycles. The number of fused-ring (bicyclic) bond motifs is 2. The Morgan fingerprint density at radius 2 is 1.96 bits per heavy atom. The van der Waals surface area contributed by atoms with Gasteiger partial charge in [0.25, 0.3) is 5.91 Å². The molecule has 2 unspecified atom stereocenters. The topological polar surface area (TPSA) is 72.9 Å². The van der Waals surface area contributed by atoms with Crippen molar-refractivity contribution in [3.8, 4) is 5.69 Å². The summed E-state index contributed by atoms with van der Waals surface area (Å²) in [6.45, 7) is 2.04. The second-order valence-corrected chi connectivity index (χ2v) is 7.64. The van der Waals surface area contributed by atoms with Crippen molar-refractivity contribution < 1.29 is 4.79 Å². The quantitative estimate of drug-likeness (QED) is 0.904. The molecule has 0 spiro atoms. The minimum atomic E-state index is -0.0165. The number of para-hydroxylation sites is 1. The summed E-state index contributed by atoms with van der Waals surface area (Å²) in [6, 6.07) is 8.61. The van der Waals surface area contributed by atoms with Crippen LogP contribution in [0.4, 0.5) is 0 Å². The van der Waals surface area contributed by atoms with E-state index in [1.165, 1.54) is 19.3 Å². The van der Waals surface area contributed by atoms with Crippen molar-refractivity contribution in [3.05, 3.63) is 47.8 Å². The summed E-state index contributed by atoms with van der Waals surface area (Å²) in [5.74, 6) is 1.04. The fraction of sp³-hybridized carbons (Fsp3) is 0.500. The van der Waals surface area contributed by atoms with Gasteiger partial charge in [0.05, 0.1) is 17.4 Å². The van der Waals surface area contributed by atoms with Gasteiger partial charge in [0.15, 0.2) is 0 Å². The molecule has 1 amide bonds. The average Bonchev–Trinajstić information content (AvgIpc) is 3.06. The van der Waals surface area contributed by atoms with E-state index >= 15 is 0 Å². The summed E-state index contributed by atoms with van der Waals surface area (Å²) < 4.78 is 1.78. The first-order valence-corrected chi connectivity index (χ1v) is 9.29. The second kappa shape index (κ2) is 6.64. The molecule has 132 valence electrons. The maximum atomic E-state index is 12.8. The highest BCUT2D eigenvalue weighted by Gasteiger charge is 2.40. The Balaban J connectivity index is 1.50. The zero-order chi connectivity index (χ0) is 17.4. The average molecular weight is 338 g/mol. The van der Waals surface area contributed by atoms with Crippen molar-refractivity contribution in [3.63, 3.8) is 0 Å². The van der Waals surface area contributed by atoms with E-state index in [1.54, 1.807) is 10.9 Å². The maximum Gasteiger partial charge on any atom is 0.254 e. The number of rotatable bonds is 3. The first kappa shape index (κ1) is 16.3. The SMILES string of the molecule is Cc1ccccc1-n1cc(C(=O)NC2C3CCCC2CC(N)C3)cn1. The highest BCUT2D eigenvalue weighted by molar-refractivity contribution is 5.94. The number of hydrogen-bond acceptors (Lipinski definition) is 3. The predicted octanol–water partition coefficient (Wildman–Crippen LogP) is 2.82. The number of hydrogen-bond donors (Lipinski definition) is 2. The molecular formula is C20H26N4O. The molecule has 3 N–H and O–H groups in total. The monoisotopic (exact) mass is 338 g/mol. The van der Waals surface area contributed by atoms with Crippen molar-refractivity contribution in [1.29, 1.82) is 0 Å². The van der Waals surface area contributed by atoms with Crippen LogP contribution in [0.1, 0.15) is 48.0 Å². The smallest absolute Gasteiger partial charge is 0.254 e. The summed E-state index contributed by atoms with van der Waals surface area (Å²) in [4.78, 5) is 12.8. The van der Waals surface area contributed by atoms with E-state index in [9.17, 15) is 4.79 Å². The lowest BCUT2D eigenvalue weighted by molar-refractivity contribution is 0.0756. The summed E-state index contributed by atoms with van der Waals surface area (Å²) in [6.07, 6.45) is 9.16. The van der Waals surface area contributed by atoms with Crippen molar-refractivity contribution >= 4 is 5.91 Å². The molecule has 0 saturated heterocycles. The van der Waals surface area contributed by atoms with E-state index in [0.717, 1.165) is 24.1 Å². The molecule has 2 fully saturated rings. The van der Waals surface area contributed by atoms with Crippen LogP contribution >= 0.6 is 0 Å². The Kier molecular flexibility index (Phi) is 4.34. The highest BCUT2D eigenvalue weighted by Crippen LogP contribution is 2.39. The van der Waals surface area contributed by atoms with Crippen LogP contribution in [-0.2, 0) is 0 Å². The molecule has 2 saturated carbocycles. The van der Waals surface area contributed by atoms with Crippen molar-refractivity contribution in [1.82, 2.24) is 15.1 Å². The van der Waals surface area contributed by atoms with Gasteiger partial charge in [-0.1, -0.05) is 24.6 Å². The van der Waals surface area contributed by atoms with Crippen LogP contribution < -0.4 is 11.1 Å². The Morgan fingerprint density at radius 3 is 2.68 bits per heavy atom. The molecule has 1 aromatic heterocycles. The zero-order valence-corrected chi connectivity index (χ0v) is 14.7. The first-order chi connectivity index (χ1) is 12.1. The van der Waals surface area contributed by atoms with E-state index in [4.69, 9.17) is 5.73 Å². The van der Waals surface area contributed by atoms with E-state index in [0.29, 0.717) is 23.4 Å². The molecule has 4 rings (SSSR count). The Hall–Kier alpha value is -2.14. The standard InChI is InChI=1S/C20H26N4O/c1-13-5-2-3-8-18(13)24-12-16(11-22-24)20(25)23-19-14-6-4-7-15(19)10-17(21)9-14/h2-3,5,8,11-12,14-15,17,19H,4,6-7,9-10,21H2,1H3,(H,23,25). The van der Waals surface area contributed by atoms with Gasteiger partial charge in [-0.25, -0.2) is 4.68 Å². The number of nitrogens with one attached hydrogen (secondary N) is 1. The van der Waals surface area contributed by atoms with Gasteiger partial charge in [-0.3, -0.25) is 4.79 Å². The van der Waals surface area contributed by atoms with Gasteiger partial charge in [-0.05, 0) is 56.1 Å². The third-order valence-electron chi connectivity index (χ3n) is 5.88. The summed E-state index contributed by atoms with van der Waals surface area (Å²) in [5, 5.41) is 7.67. The molecular weight excluding hydrogens is 312 g/mol. The summed E-state index contributed by atoms with van der Waals surface area (Å²) in [5.41, 5.74) is 8.94. The van der Waals surface area contributed by atoms with Gasteiger partial charge in [-0.2, -0.15) is 5.10 Å². The molecule has 25 heavy (non-hydrogen) atoms. The fourth-order valence-electron chi connectivity index (χ4n) is 4.65. The van der Waals surface area contributed by atoms with Crippen molar-refractivity contribution in [2.45, 2.75) is 51.1 Å². The van der Waals surface area contributed by atoms with Gasteiger partial charge in [0.2, 0.25) is 0 Å². The Morgan fingerprint density at radius 1 is 1.24 bits per heavy atom. The van der Waals surface area contributed by atoms with Gasteiger partial charge < -0.3 is 11.1 Å². The van der Waals surface area contributed by atoms with Gasteiger partial charge in [-0.15, -0.1) is 0 Å². The van der Waals surface area contributed by atoms with Crippen LogP contribution in [-0.4, -0.2) is 27.8 Å². The third-order valence-corrected chi connectivity index (χ3v) is 5.88. The molecule has 0 radical (unpaired) electrons.